The summed E-state index contributed by atoms with van der Waals surface area (Å²) in [6.07, 6.45) is 1.76. The zero-order valence-electron chi connectivity index (χ0n) is 13.5. The number of rotatable bonds is 5. The minimum Gasteiger partial charge on any atom is -0.458 e. The van der Waals surface area contributed by atoms with Crippen LogP contribution in [0.2, 0.25) is 0 Å². The van der Waals surface area contributed by atoms with Gasteiger partial charge in [0.25, 0.3) is 0 Å². The first-order chi connectivity index (χ1) is 11.0. The van der Waals surface area contributed by atoms with Gasteiger partial charge in [0.2, 0.25) is 0 Å². The minimum atomic E-state index is -0.376. The summed E-state index contributed by atoms with van der Waals surface area (Å²) >= 11 is 0. The summed E-state index contributed by atoms with van der Waals surface area (Å²) in [4.78, 5) is 13.9. The fourth-order valence-electron chi connectivity index (χ4n) is 2.07. The number of allylic oxidation sites excluding steroid dienone is 1. The van der Waals surface area contributed by atoms with Gasteiger partial charge in [0.05, 0.1) is 5.56 Å². The first-order valence-electron chi connectivity index (χ1n) is 7.34. The van der Waals surface area contributed by atoms with Crippen molar-refractivity contribution in [3.05, 3.63) is 71.6 Å². The van der Waals surface area contributed by atoms with Gasteiger partial charge in [0, 0.05) is 19.8 Å². The third-order valence-electron chi connectivity index (χ3n) is 3.50. The van der Waals surface area contributed by atoms with Crippen LogP contribution in [0.4, 0.5) is 10.1 Å². The van der Waals surface area contributed by atoms with Crippen LogP contribution in [-0.2, 0) is 4.74 Å². The number of carbonyl (C=O) groups is 1. The SMILES string of the molecule is C/C(=C\COC(=O)c1ccc(N(C)C)cc1)c1cccc(F)c1. The molecule has 0 amide bonds. The summed E-state index contributed by atoms with van der Waals surface area (Å²) < 4.78 is 18.4. The van der Waals surface area contributed by atoms with E-state index in [0.717, 1.165) is 16.8 Å². The fourth-order valence-corrected chi connectivity index (χ4v) is 2.07. The lowest BCUT2D eigenvalue weighted by molar-refractivity contribution is 0.0550. The molecule has 0 heterocycles. The maximum atomic E-state index is 13.2. The molecule has 0 N–H and O–H groups in total. The number of nitrogens with zero attached hydrogens (tertiary/aromatic N) is 1. The standard InChI is InChI=1S/C19H20FNO2/c1-14(16-5-4-6-17(20)13-16)11-12-23-19(22)15-7-9-18(10-8-15)21(2)3/h4-11,13H,12H2,1-3H3/b14-11+. The quantitative estimate of drug-likeness (QED) is 0.777. The predicted octanol–water partition coefficient (Wildman–Crippen LogP) is 4.15. The first kappa shape index (κ1) is 16.7. The molecule has 0 spiro atoms. The second-order valence-electron chi connectivity index (χ2n) is 5.44. The fraction of sp³-hybridized carbons (Fsp3) is 0.211. The molecule has 120 valence electrons. The summed E-state index contributed by atoms with van der Waals surface area (Å²) in [6.45, 7) is 2.01. The molecule has 4 heteroatoms. The molecule has 3 nitrogen and oxygen atoms in total. The van der Waals surface area contributed by atoms with Gasteiger partial charge in [0.15, 0.2) is 0 Å². The molecule has 0 aromatic heterocycles. The molecule has 0 atom stereocenters. The Labute approximate surface area is 136 Å². The Kier molecular flexibility index (Phi) is 5.52. The van der Waals surface area contributed by atoms with E-state index < -0.39 is 0 Å². The van der Waals surface area contributed by atoms with E-state index in [1.165, 1.54) is 12.1 Å². The Bertz CT molecular complexity index is 706. The van der Waals surface area contributed by atoms with Crippen molar-refractivity contribution < 1.29 is 13.9 Å². The highest BCUT2D eigenvalue weighted by Gasteiger charge is 2.07. The van der Waals surface area contributed by atoms with Crippen molar-refractivity contribution >= 4 is 17.2 Å². The van der Waals surface area contributed by atoms with Crippen LogP contribution in [-0.4, -0.2) is 26.7 Å². The molecule has 0 saturated heterocycles. The molecule has 23 heavy (non-hydrogen) atoms. The van der Waals surface area contributed by atoms with Crippen LogP contribution in [0.5, 0.6) is 0 Å². The molecule has 0 radical (unpaired) electrons. The molecule has 0 bridgehead atoms. The smallest absolute Gasteiger partial charge is 0.338 e. The van der Waals surface area contributed by atoms with Gasteiger partial charge in [-0.2, -0.15) is 0 Å². The molecule has 2 aromatic carbocycles. The number of benzene rings is 2. The van der Waals surface area contributed by atoms with Crippen molar-refractivity contribution in [2.45, 2.75) is 6.92 Å². The van der Waals surface area contributed by atoms with Crippen LogP contribution in [0.15, 0.2) is 54.6 Å². The van der Waals surface area contributed by atoms with E-state index in [-0.39, 0.29) is 18.4 Å². The van der Waals surface area contributed by atoms with Gasteiger partial charge in [-0.25, -0.2) is 9.18 Å². The Morgan fingerprint density at radius 1 is 1.13 bits per heavy atom. The molecule has 0 aliphatic heterocycles. The monoisotopic (exact) mass is 313 g/mol. The van der Waals surface area contributed by atoms with E-state index in [9.17, 15) is 9.18 Å². The lowest BCUT2D eigenvalue weighted by atomic mass is 10.1. The van der Waals surface area contributed by atoms with E-state index >= 15 is 0 Å². The van der Waals surface area contributed by atoms with Crippen LogP contribution in [0.25, 0.3) is 5.57 Å². The Morgan fingerprint density at radius 3 is 2.43 bits per heavy atom. The molecule has 2 rings (SSSR count). The normalized spacial score (nSPS) is 11.2. The summed E-state index contributed by atoms with van der Waals surface area (Å²) in [7, 11) is 3.88. The number of halogens is 1. The Morgan fingerprint density at radius 2 is 1.83 bits per heavy atom. The van der Waals surface area contributed by atoms with Gasteiger partial charge in [-0.3, -0.25) is 0 Å². The topological polar surface area (TPSA) is 29.5 Å². The van der Waals surface area contributed by atoms with Crippen molar-refractivity contribution in [3.63, 3.8) is 0 Å². The lowest BCUT2D eigenvalue weighted by Crippen LogP contribution is -2.09. The number of hydrogen-bond donors (Lipinski definition) is 0. The molecule has 0 saturated carbocycles. The van der Waals surface area contributed by atoms with Gasteiger partial charge in [-0.1, -0.05) is 12.1 Å². The third-order valence-corrected chi connectivity index (χ3v) is 3.50. The average Bonchev–Trinajstić information content (AvgIpc) is 2.54. The van der Waals surface area contributed by atoms with Gasteiger partial charge in [0.1, 0.15) is 12.4 Å². The van der Waals surface area contributed by atoms with Crippen LogP contribution in [0.3, 0.4) is 0 Å². The predicted molar refractivity (Wildman–Crippen MR) is 91.1 cm³/mol. The maximum absolute atomic E-state index is 13.2. The second-order valence-corrected chi connectivity index (χ2v) is 5.44. The summed E-state index contributed by atoms with van der Waals surface area (Å²) in [5.74, 6) is -0.660. The molecule has 2 aromatic rings. The van der Waals surface area contributed by atoms with Crippen molar-refractivity contribution in [1.82, 2.24) is 0 Å². The first-order valence-corrected chi connectivity index (χ1v) is 7.34. The highest BCUT2D eigenvalue weighted by Crippen LogP contribution is 2.15. The molecular formula is C19H20FNO2. The molecule has 0 aliphatic carbocycles. The van der Waals surface area contributed by atoms with Crippen LogP contribution < -0.4 is 4.90 Å². The number of ether oxygens (including phenoxy) is 1. The van der Waals surface area contributed by atoms with Crippen LogP contribution >= 0.6 is 0 Å². The van der Waals surface area contributed by atoms with Gasteiger partial charge >= 0.3 is 5.97 Å². The molecule has 0 unspecified atom stereocenters. The summed E-state index contributed by atoms with van der Waals surface area (Å²) in [6, 6.07) is 13.5. The van der Waals surface area contributed by atoms with E-state index in [4.69, 9.17) is 4.74 Å². The largest absolute Gasteiger partial charge is 0.458 e. The van der Waals surface area contributed by atoms with E-state index in [1.807, 2.05) is 44.1 Å². The van der Waals surface area contributed by atoms with Crippen molar-refractivity contribution in [2.24, 2.45) is 0 Å². The minimum absolute atomic E-state index is 0.149. The van der Waals surface area contributed by atoms with Gasteiger partial charge < -0.3 is 9.64 Å². The Balaban J connectivity index is 1.95. The number of anilines is 1. The Hall–Kier alpha value is -2.62. The van der Waals surface area contributed by atoms with Gasteiger partial charge in [-0.05, 0) is 60.5 Å². The van der Waals surface area contributed by atoms with E-state index in [2.05, 4.69) is 0 Å². The van der Waals surface area contributed by atoms with E-state index in [1.54, 1.807) is 24.3 Å². The zero-order chi connectivity index (χ0) is 16.8. The second kappa shape index (κ2) is 7.58. The lowest BCUT2D eigenvalue weighted by Gasteiger charge is -2.12. The molecule has 0 fully saturated rings. The molecular weight excluding hydrogens is 293 g/mol. The van der Waals surface area contributed by atoms with Crippen molar-refractivity contribution in [3.8, 4) is 0 Å². The summed E-state index contributed by atoms with van der Waals surface area (Å²) in [5.41, 5.74) is 3.16. The highest BCUT2D eigenvalue weighted by atomic mass is 19.1. The number of esters is 1. The van der Waals surface area contributed by atoms with Crippen molar-refractivity contribution in [2.75, 3.05) is 25.6 Å². The third kappa shape index (κ3) is 4.68. The van der Waals surface area contributed by atoms with Crippen LogP contribution in [0.1, 0.15) is 22.8 Å². The number of hydrogen-bond acceptors (Lipinski definition) is 3. The van der Waals surface area contributed by atoms with Crippen molar-refractivity contribution in [1.29, 1.82) is 0 Å². The summed E-state index contributed by atoms with van der Waals surface area (Å²) in [5, 5.41) is 0. The van der Waals surface area contributed by atoms with E-state index in [0.29, 0.717) is 5.56 Å². The zero-order valence-corrected chi connectivity index (χ0v) is 13.5. The average molecular weight is 313 g/mol. The number of carbonyl (C=O) groups excluding carboxylic acids is 1. The molecule has 0 aliphatic rings. The highest BCUT2D eigenvalue weighted by molar-refractivity contribution is 5.90. The maximum Gasteiger partial charge on any atom is 0.338 e. The van der Waals surface area contributed by atoms with Gasteiger partial charge in [-0.15, -0.1) is 0 Å². The van der Waals surface area contributed by atoms with Crippen LogP contribution in [0, 0.1) is 5.82 Å².